The summed E-state index contributed by atoms with van der Waals surface area (Å²) in [5.41, 5.74) is 0.850. The Balaban J connectivity index is 1.54. The Labute approximate surface area is 147 Å². The van der Waals surface area contributed by atoms with Gasteiger partial charge in [-0.3, -0.25) is 4.79 Å². The molecule has 1 N–H and O–H groups in total. The highest BCUT2D eigenvalue weighted by molar-refractivity contribution is 7.88. The summed E-state index contributed by atoms with van der Waals surface area (Å²) < 4.78 is 41.0. The van der Waals surface area contributed by atoms with E-state index in [2.05, 4.69) is 5.32 Å². The quantitative estimate of drug-likeness (QED) is 0.750. The van der Waals surface area contributed by atoms with Gasteiger partial charge in [0, 0.05) is 19.7 Å². The lowest BCUT2D eigenvalue weighted by molar-refractivity contribution is -0.121. The molecule has 1 atom stereocenters. The number of carbonyl (C=O) groups excluding carboxylic acids is 1. The Hall–Kier alpha value is -1.84. The summed E-state index contributed by atoms with van der Waals surface area (Å²) in [5.74, 6) is 0.957. The summed E-state index contributed by atoms with van der Waals surface area (Å²) in [4.78, 5) is 12.2. The van der Waals surface area contributed by atoms with Crippen molar-refractivity contribution in [1.82, 2.24) is 9.62 Å². The summed E-state index contributed by atoms with van der Waals surface area (Å²) in [7, 11) is -3.48. The topological polar surface area (TPSA) is 94.2 Å². The van der Waals surface area contributed by atoms with E-state index in [0.29, 0.717) is 18.1 Å². The third-order valence-corrected chi connectivity index (χ3v) is 5.36. The fourth-order valence-electron chi connectivity index (χ4n) is 2.80. The van der Waals surface area contributed by atoms with Crippen LogP contribution in [0.2, 0.25) is 0 Å². The molecule has 2 aliphatic rings. The third kappa shape index (κ3) is 4.83. The number of hydrogen-bond donors (Lipinski definition) is 1. The minimum absolute atomic E-state index is 0.142. The number of carbonyl (C=O) groups is 1. The molecule has 1 saturated heterocycles. The predicted molar refractivity (Wildman–Crippen MR) is 89.8 cm³/mol. The second kappa shape index (κ2) is 7.59. The molecule has 0 radical (unpaired) electrons. The van der Waals surface area contributed by atoms with Gasteiger partial charge in [0.25, 0.3) is 0 Å². The first-order valence-corrected chi connectivity index (χ1v) is 9.98. The largest absolute Gasteiger partial charge is 0.454 e. The number of amides is 1. The molecule has 8 nitrogen and oxygen atoms in total. The van der Waals surface area contributed by atoms with Gasteiger partial charge in [-0.15, -0.1) is 0 Å². The molecule has 0 saturated carbocycles. The maximum atomic E-state index is 12.2. The molecule has 2 heterocycles. The molecule has 1 fully saturated rings. The number of rotatable bonds is 7. The molecule has 1 amide bonds. The molecular formula is C16H22N2O6S. The van der Waals surface area contributed by atoms with Gasteiger partial charge in [-0.05, 0) is 30.5 Å². The van der Waals surface area contributed by atoms with E-state index in [1.165, 1.54) is 0 Å². The van der Waals surface area contributed by atoms with Crippen LogP contribution in [0.3, 0.4) is 0 Å². The van der Waals surface area contributed by atoms with E-state index in [9.17, 15) is 13.2 Å². The average Bonchev–Trinajstić information content (AvgIpc) is 3.22. The van der Waals surface area contributed by atoms with Gasteiger partial charge in [-0.1, -0.05) is 6.07 Å². The molecule has 0 aliphatic carbocycles. The van der Waals surface area contributed by atoms with Gasteiger partial charge in [0.1, 0.15) is 0 Å². The van der Waals surface area contributed by atoms with Crippen LogP contribution in [0.15, 0.2) is 18.2 Å². The highest BCUT2D eigenvalue weighted by Gasteiger charge is 2.26. The Kier molecular flexibility index (Phi) is 5.45. The maximum Gasteiger partial charge on any atom is 0.235 e. The molecule has 1 unspecified atom stereocenters. The van der Waals surface area contributed by atoms with Crippen molar-refractivity contribution in [2.45, 2.75) is 25.5 Å². The molecular weight excluding hydrogens is 348 g/mol. The van der Waals surface area contributed by atoms with Gasteiger partial charge in [0.2, 0.25) is 22.7 Å². The first kappa shape index (κ1) is 18.0. The molecule has 0 spiro atoms. The zero-order chi connectivity index (χ0) is 17.9. The van der Waals surface area contributed by atoms with Gasteiger partial charge in [0.15, 0.2) is 11.5 Å². The van der Waals surface area contributed by atoms with Crippen molar-refractivity contribution in [2.75, 3.05) is 32.7 Å². The van der Waals surface area contributed by atoms with E-state index in [4.69, 9.17) is 14.2 Å². The van der Waals surface area contributed by atoms with E-state index < -0.39 is 10.0 Å². The molecule has 2 aliphatic heterocycles. The lowest BCUT2D eigenvalue weighted by Crippen LogP contribution is -2.43. The number of benzene rings is 1. The van der Waals surface area contributed by atoms with Crippen molar-refractivity contribution in [3.63, 3.8) is 0 Å². The van der Waals surface area contributed by atoms with Crippen LogP contribution in [0.1, 0.15) is 18.4 Å². The Morgan fingerprint density at radius 1 is 1.32 bits per heavy atom. The monoisotopic (exact) mass is 370 g/mol. The second-order valence-electron chi connectivity index (χ2n) is 6.15. The zero-order valence-electron chi connectivity index (χ0n) is 14.1. The smallest absolute Gasteiger partial charge is 0.235 e. The third-order valence-electron chi connectivity index (χ3n) is 4.15. The number of nitrogens with zero attached hydrogens (tertiary/aromatic N) is 1. The van der Waals surface area contributed by atoms with Crippen molar-refractivity contribution in [3.8, 4) is 11.5 Å². The summed E-state index contributed by atoms with van der Waals surface area (Å²) in [6.45, 7) is 1.10. The maximum absolute atomic E-state index is 12.2. The first-order chi connectivity index (χ1) is 11.9. The Morgan fingerprint density at radius 3 is 2.84 bits per heavy atom. The average molecular weight is 370 g/mol. The molecule has 9 heteroatoms. The fourth-order valence-corrected chi connectivity index (χ4v) is 3.59. The molecule has 3 rings (SSSR count). The van der Waals surface area contributed by atoms with Crippen LogP contribution in [0.25, 0.3) is 0 Å². The number of fused-ring (bicyclic) bond motifs is 1. The lowest BCUT2D eigenvalue weighted by atomic mass is 10.2. The molecule has 138 valence electrons. The molecule has 25 heavy (non-hydrogen) atoms. The van der Waals surface area contributed by atoms with Gasteiger partial charge >= 0.3 is 0 Å². The Bertz CT molecular complexity index is 730. The minimum atomic E-state index is -3.48. The molecule has 1 aromatic rings. The van der Waals surface area contributed by atoms with Crippen LogP contribution >= 0.6 is 0 Å². The number of nitrogens with one attached hydrogen (secondary N) is 1. The SMILES string of the molecule is CS(=O)(=O)N(CC(=O)NCc1ccc2c(c1)OCO2)CC1CCCO1. The first-order valence-electron chi connectivity index (χ1n) is 8.14. The van der Waals surface area contributed by atoms with E-state index in [-0.39, 0.29) is 38.4 Å². The number of hydrogen-bond acceptors (Lipinski definition) is 6. The van der Waals surface area contributed by atoms with E-state index in [1.54, 1.807) is 12.1 Å². The normalized spacial score (nSPS) is 19.4. The van der Waals surface area contributed by atoms with Gasteiger partial charge in [-0.2, -0.15) is 4.31 Å². The van der Waals surface area contributed by atoms with E-state index >= 15 is 0 Å². The van der Waals surface area contributed by atoms with E-state index in [1.807, 2.05) is 6.07 Å². The number of sulfonamides is 1. The van der Waals surface area contributed by atoms with Crippen LogP contribution in [0, 0.1) is 0 Å². The summed E-state index contributed by atoms with van der Waals surface area (Å²) in [6, 6.07) is 5.40. The highest BCUT2D eigenvalue weighted by atomic mass is 32.2. The second-order valence-corrected chi connectivity index (χ2v) is 8.14. The summed E-state index contributed by atoms with van der Waals surface area (Å²) in [5, 5.41) is 2.74. The van der Waals surface area contributed by atoms with E-state index in [0.717, 1.165) is 29.0 Å². The standard InChI is InChI=1S/C16H22N2O6S/c1-25(20,21)18(9-13-3-2-6-22-13)10-16(19)17-8-12-4-5-14-15(7-12)24-11-23-14/h4-5,7,13H,2-3,6,8-11H2,1H3,(H,17,19). The fraction of sp³-hybridized carbons (Fsp3) is 0.562. The molecule has 0 aromatic heterocycles. The zero-order valence-corrected chi connectivity index (χ0v) is 14.9. The van der Waals surface area contributed by atoms with Gasteiger partial charge in [-0.25, -0.2) is 8.42 Å². The minimum Gasteiger partial charge on any atom is -0.454 e. The van der Waals surface area contributed by atoms with Crippen LogP contribution < -0.4 is 14.8 Å². The van der Waals surface area contributed by atoms with Crippen molar-refractivity contribution in [2.24, 2.45) is 0 Å². The van der Waals surface area contributed by atoms with Crippen LogP contribution in [-0.4, -0.2) is 57.5 Å². The Morgan fingerprint density at radius 2 is 2.12 bits per heavy atom. The van der Waals surface area contributed by atoms with Gasteiger partial charge in [0.05, 0.1) is 18.9 Å². The van der Waals surface area contributed by atoms with Crippen molar-refractivity contribution < 1.29 is 27.4 Å². The predicted octanol–water partition coefficient (Wildman–Crippen LogP) is 0.472. The van der Waals surface area contributed by atoms with Crippen molar-refractivity contribution in [3.05, 3.63) is 23.8 Å². The van der Waals surface area contributed by atoms with Crippen LogP contribution in [0.4, 0.5) is 0 Å². The summed E-state index contributed by atoms with van der Waals surface area (Å²) >= 11 is 0. The molecule has 0 bridgehead atoms. The molecule has 1 aromatic carbocycles. The van der Waals surface area contributed by atoms with Crippen LogP contribution in [-0.2, 0) is 26.1 Å². The highest BCUT2D eigenvalue weighted by Crippen LogP contribution is 2.32. The summed E-state index contributed by atoms with van der Waals surface area (Å²) in [6.07, 6.45) is 2.69. The number of ether oxygens (including phenoxy) is 3. The van der Waals surface area contributed by atoms with Crippen molar-refractivity contribution >= 4 is 15.9 Å². The van der Waals surface area contributed by atoms with Crippen LogP contribution in [0.5, 0.6) is 11.5 Å². The van der Waals surface area contributed by atoms with Crippen molar-refractivity contribution in [1.29, 1.82) is 0 Å². The lowest BCUT2D eigenvalue weighted by Gasteiger charge is -2.22. The van der Waals surface area contributed by atoms with Gasteiger partial charge < -0.3 is 19.5 Å².